The molecule has 0 radical (unpaired) electrons. The number of nitrogens with two attached hydrogens (primary N) is 1. The summed E-state index contributed by atoms with van der Waals surface area (Å²) in [6.45, 7) is 0. The number of anilines is 2. The molecule has 1 aliphatic carbocycles. The number of allylic oxidation sites excluding steroid dienone is 2. The Labute approximate surface area is 94.6 Å². The minimum atomic E-state index is 0.0307. The summed E-state index contributed by atoms with van der Waals surface area (Å²) in [6.07, 6.45) is 8.51. The molecule has 0 fully saturated rings. The second-order valence-corrected chi connectivity index (χ2v) is 3.99. The second kappa shape index (κ2) is 4.79. The molecule has 3 N–H and O–H groups in total. The van der Waals surface area contributed by atoms with Gasteiger partial charge in [0.05, 0.1) is 11.9 Å². The van der Waals surface area contributed by atoms with E-state index in [1.54, 1.807) is 18.3 Å². The van der Waals surface area contributed by atoms with Crippen LogP contribution in [0.2, 0.25) is 0 Å². The number of nitrogens with zero attached hydrogens (tertiary/aromatic N) is 1. The Balaban J connectivity index is 1.86. The second-order valence-electron chi connectivity index (χ2n) is 3.99. The summed E-state index contributed by atoms with van der Waals surface area (Å²) in [5.41, 5.74) is 6.15. The first-order valence-electron chi connectivity index (χ1n) is 5.42. The minimum Gasteiger partial charge on any atom is -0.384 e. The molecule has 4 heteroatoms. The summed E-state index contributed by atoms with van der Waals surface area (Å²) < 4.78 is 0. The molecule has 16 heavy (non-hydrogen) atoms. The van der Waals surface area contributed by atoms with Gasteiger partial charge in [-0.05, 0) is 30.9 Å². The highest BCUT2D eigenvalue weighted by Gasteiger charge is 2.13. The van der Waals surface area contributed by atoms with Gasteiger partial charge in [0, 0.05) is 6.42 Å². The highest BCUT2D eigenvalue weighted by molar-refractivity contribution is 5.90. The third-order valence-electron chi connectivity index (χ3n) is 2.63. The first-order valence-corrected chi connectivity index (χ1v) is 5.42. The largest absolute Gasteiger partial charge is 0.384 e. The molecule has 0 spiro atoms. The third kappa shape index (κ3) is 2.82. The number of rotatable bonds is 3. The molecule has 1 amide bonds. The molecule has 84 valence electrons. The van der Waals surface area contributed by atoms with Crippen molar-refractivity contribution >= 4 is 17.4 Å². The maximum absolute atomic E-state index is 11.6. The van der Waals surface area contributed by atoms with E-state index in [1.807, 2.05) is 0 Å². The van der Waals surface area contributed by atoms with Crippen LogP contribution in [0, 0.1) is 5.92 Å². The molecule has 1 aliphatic rings. The van der Waals surface area contributed by atoms with Crippen LogP contribution in [0.15, 0.2) is 30.5 Å². The lowest BCUT2D eigenvalue weighted by molar-refractivity contribution is -0.116. The van der Waals surface area contributed by atoms with Crippen LogP contribution in [0.1, 0.15) is 19.3 Å². The molecule has 2 rings (SSSR count). The van der Waals surface area contributed by atoms with Gasteiger partial charge in [-0.15, -0.1) is 0 Å². The monoisotopic (exact) mass is 217 g/mol. The topological polar surface area (TPSA) is 68.0 Å². The third-order valence-corrected chi connectivity index (χ3v) is 2.63. The number of aromatic nitrogens is 1. The molecular weight excluding hydrogens is 202 g/mol. The normalized spacial score (nSPS) is 18.6. The fourth-order valence-electron chi connectivity index (χ4n) is 1.79. The summed E-state index contributed by atoms with van der Waals surface area (Å²) >= 11 is 0. The Hall–Kier alpha value is -1.84. The fourth-order valence-corrected chi connectivity index (χ4v) is 1.79. The van der Waals surface area contributed by atoms with Crippen LogP contribution < -0.4 is 11.1 Å². The maximum Gasteiger partial charge on any atom is 0.225 e. The van der Waals surface area contributed by atoms with E-state index in [0.29, 0.717) is 23.8 Å². The number of pyridine rings is 1. The van der Waals surface area contributed by atoms with Gasteiger partial charge < -0.3 is 11.1 Å². The summed E-state index contributed by atoms with van der Waals surface area (Å²) in [5.74, 6) is 0.876. The first kappa shape index (κ1) is 10.7. The van der Waals surface area contributed by atoms with Crippen molar-refractivity contribution < 1.29 is 4.79 Å². The number of amides is 1. The van der Waals surface area contributed by atoms with E-state index >= 15 is 0 Å². The fraction of sp³-hybridized carbons (Fsp3) is 0.333. The Morgan fingerprint density at radius 2 is 2.44 bits per heavy atom. The van der Waals surface area contributed by atoms with E-state index in [1.165, 1.54) is 0 Å². The van der Waals surface area contributed by atoms with E-state index in [9.17, 15) is 4.79 Å². The molecule has 1 heterocycles. The zero-order chi connectivity index (χ0) is 11.4. The quantitative estimate of drug-likeness (QED) is 0.760. The van der Waals surface area contributed by atoms with Crippen LogP contribution in [0.25, 0.3) is 0 Å². The van der Waals surface area contributed by atoms with Gasteiger partial charge in [0.1, 0.15) is 5.82 Å². The van der Waals surface area contributed by atoms with Crippen molar-refractivity contribution in [3.05, 3.63) is 30.5 Å². The SMILES string of the molecule is Nc1ccc(NC(=O)CC2C=CCC2)cn1. The van der Waals surface area contributed by atoms with Crippen molar-refractivity contribution in [2.45, 2.75) is 19.3 Å². The lowest BCUT2D eigenvalue weighted by Gasteiger charge is -2.08. The highest BCUT2D eigenvalue weighted by atomic mass is 16.1. The number of carbonyl (C=O) groups excluding carboxylic acids is 1. The predicted molar refractivity (Wildman–Crippen MR) is 63.8 cm³/mol. The molecule has 1 unspecified atom stereocenters. The van der Waals surface area contributed by atoms with Crippen LogP contribution in [0.4, 0.5) is 11.5 Å². The molecule has 0 aliphatic heterocycles. The smallest absolute Gasteiger partial charge is 0.225 e. The maximum atomic E-state index is 11.6. The van der Waals surface area contributed by atoms with Gasteiger partial charge >= 0.3 is 0 Å². The summed E-state index contributed by atoms with van der Waals surface area (Å²) in [6, 6.07) is 3.43. The molecule has 0 bridgehead atoms. The zero-order valence-corrected chi connectivity index (χ0v) is 9.02. The van der Waals surface area contributed by atoms with Crippen molar-refractivity contribution in [2.24, 2.45) is 5.92 Å². The van der Waals surface area contributed by atoms with Crippen LogP contribution in [0.3, 0.4) is 0 Å². The van der Waals surface area contributed by atoms with E-state index in [4.69, 9.17) is 5.73 Å². The molecule has 0 aromatic carbocycles. The number of carbonyl (C=O) groups is 1. The van der Waals surface area contributed by atoms with E-state index in [-0.39, 0.29) is 5.91 Å². The van der Waals surface area contributed by atoms with Crippen molar-refractivity contribution in [2.75, 3.05) is 11.1 Å². The summed E-state index contributed by atoms with van der Waals surface area (Å²) in [4.78, 5) is 15.6. The van der Waals surface area contributed by atoms with Gasteiger partial charge in [0.15, 0.2) is 0 Å². The predicted octanol–water partition coefficient (Wildman–Crippen LogP) is 1.96. The Kier molecular flexibility index (Phi) is 3.19. The lowest BCUT2D eigenvalue weighted by atomic mass is 10.1. The summed E-state index contributed by atoms with van der Waals surface area (Å²) in [5, 5.41) is 2.81. The van der Waals surface area contributed by atoms with E-state index < -0.39 is 0 Å². The van der Waals surface area contributed by atoms with Crippen molar-refractivity contribution in [3.63, 3.8) is 0 Å². The molecule has 0 saturated carbocycles. The van der Waals surface area contributed by atoms with Crippen LogP contribution >= 0.6 is 0 Å². The van der Waals surface area contributed by atoms with Crippen molar-refractivity contribution in [3.8, 4) is 0 Å². The average molecular weight is 217 g/mol. The molecular formula is C12H15N3O. The Morgan fingerprint density at radius 1 is 1.56 bits per heavy atom. The number of hydrogen-bond donors (Lipinski definition) is 2. The van der Waals surface area contributed by atoms with Gasteiger partial charge in [-0.25, -0.2) is 4.98 Å². The molecule has 0 saturated heterocycles. The lowest BCUT2D eigenvalue weighted by Crippen LogP contribution is -2.14. The number of nitrogens with one attached hydrogen (secondary N) is 1. The zero-order valence-electron chi connectivity index (χ0n) is 9.02. The minimum absolute atomic E-state index is 0.0307. The Bertz CT molecular complexity index is 397. The average Bonchev–Trinajstić information content (AvgIpc) is 2.74. The number of nitrogen functional groups attached to an aromatic ring is 1. The van der Waals surface area contributed by atoms with Gasteiger partial charge in [-0.2, -0.15) is 0 Å². The van der Waals surface area contributed by atoms with E-state index in [2.05, 4.69) is 22.5 Å². The summed E-state index contributed by atoms with van der Waals surface area (Å²) in [7, 11) is 0. The molecule has 4 nitrogen and oxygen atoms in total. The van der Waals surface area contributed by atoms with Crippen LogP contribution in [0.5, 0.6) is 0 Å². The van der Waals surface area contributed by atoms with Crippen LogP contribution in [-0.4, -0.2) is 10.9 Å². The molecule has 1 aromatic heterocycles. The Morgan fingerprint density at radius 3 is 3.06 bits per heavy atom. The van der Waals surface area contributed by atoms with E-state index in [0.717, 1.165) is 12.8 Å². The standard InChI is InChI=1S/C12H15N3O/c13-11-6-5-10(8-14-11)15-12(16)7-9-3-1-2-4-9/h1,3,5-6,8-9H,2,4,7H2,(H2,13,14)(H,15,16). The molecule has 1 atom stereocenters. The van der Waals surface area contributed by atoms with Crippen molar-refractivity contribution in [1.82, 2.24) is 4.98 Å². The van der Waals surface area contributed by atoms with Crippen molar-refractivity contribution in [1.29, 1.82) is 0 Å². The van der Waals surface area contributed by atoms with Gasteiger partial charge in [-0.1, -0.05) is 12.2 Å². The number of hydrogen-bond acceptors (Lipinski definition) is 3. The van der Waals surface area contributed by atoms with Crippen LogP contribution in [-0.2, 0) is 4.79 Å². The van der Waals surface area contributed by atoms with Gasteiger partial charge in [-0.3, -0.25) is 4.79 Å². The highest BCUT2D eigenvalue weighted by Crippen LogP contribution is 2.20. The molecule has 1 aromatic rings. The van der Waals surface area contributed by atoms with Gasteiger partial charge in [0.2, 0.25) is 5.91 Å². The van der Waals surface area contributed by atoms with Gasteiger partial charge in [0.25, 0.3) is 0 Å². The first-order chi connectivity index (χ1) is 7.74.